The lowest BCUT2D eigenvalue weighted by atomic mass is 9.67. The minimum atomic E-state index is -0.535. The third kappa shape index (κ3) is 5.50. The molecule has 10 aromatic carbocycles. The molecule has 0 amide bonds. The average Bonchev–Trinajstić information content (AvgIpc) is 3.85. The molecule has 11 aromatic rings. The van der Waals surface area contributed by atoms with E-state index < -0.39 is 5.41 Å². The molecule has 0 saturated carbocycles. The lowest BCUT2D eigenvalue weighted by molar-refractivity contribution is 0.669. The Balaban J connectivity index is 1.12. The molecule has 0 unspecified atom stereocenters. The van der Waals surface area contributed by atoms with Crippen molar-refractivity contribution in [1.29, 1.82) is 0 Å². The van der Waals surface area contributed by atoms with E-state index in [2.05, 4.69) is 229 Å². The number of para-hydroxylation sites is 2. The van der Waals surface area contributed by atoms with Gasteiger partial charge >= 0.3 is 0 Å². The molecule has 2 nitrogen and oxygen atoms in total. The van der Waals surface area contributed by atoms with Crippen molar-refractivity contribution in [3.8, 4) is 33.4 Å². The van der Waals surface area contributed by atoms with Crippen LogP contribution >= 0.6 is 0 Å². The van der Waals surface area contributed by atoms with Crippen LogP contribution in [0.5, 0.6) is 0 Å². The molecule has 0 N–H and O–H groups in total. The highest BCUT2D eigenvalue weighted by molar-refractivity contribution is 6.06. The SMILES string of the molecule is c1ccc(C2(c3ccccc3)c3ccccc3-c3ccc(N(c4cccc(-c5cccc6ccccc56)c4)c4ccccc4-c4ccc5c(c4)oc4ccccc45)cc32)cc1. The molecule has 0 saturated heterocycles. The van der Waals surface area contributed by atoms with Crippen molar-refractivity contribution in [2.45, 2.75) is 5.41 Å². The molecular formula is C59H39NO. The predicted octanol–water partition coefficient (Wildman–Crippen LogP) is 15.9. The highest BCUT2D eigenvalue weighted by atomic mass is 16.3. The van der Waals surface area contributed by atoms with Gasteiger partial charge in [0.05, 0.1) is 11.1 Å². The molecule has 0 fully saturated rings. The highest BCUT2D eigenvalue weighted by Gasteiger charge is 2.46. The number of benzene rings is 10. The van der Waals surface area contributed by atoms with Crippen LogP contribution in [0.25, 0.3) is 66.1 Å². The van der Waals surface area contributed by atoms with E-state index in [-0.39, 0.29) is 0 Å². The van der Waals surface area contributed by atoms with Crippen molar-refractivity contribution in [2.24, 2.45) is 0 Å². The van der Waals surface area contributed by atoms with Crippen LogP contribution in [-0.2, 0) is 5.41 Å². The first-order valence-corrected chi connectivity index (χ1v) is 21.0. The molecule has 0 aliphatic heterocycles. The van der Waals surface area contributed by atoms with Gasteiger partial charge in [0.15, 0.2) is 0 Å². The van der Waals surface area contributed by atoms with Crippen molar-refractivity contribution in [3.63, 3.8) is 0 Å². The van der Waals surface area contributed by atoms with Crippen molar-refractivity contribution >= 4 is 49.8 Å². The molecule has 0 bridgehead atoms. The van der Waals surface area contributed by atoms with Gasteiger partial charge in [-0.05, 0) is 109 Å². The molecule has 12 rings (SSSR count). The standard InChI is InChI=1S/C59H39NO/c1-3-20-43(21-4-1)59(44-22-5-2-6-23-44)54-30-12-9-27-50(54)51-36-34-46(39-55(51)59)60(45-24-15-19-41(37-45)48-29-16-18-40-17-7-8-25-47(40)48)56-31-13-10-26-49(56)42-33-35-53-52-28-11-14-32-57(52)61-58(53)38-42/h1-39H. The Hall–Kier alpha value is -7.94. The number of fused-ring (bicyclic) bond motifs is 7. The number of hydrogen-bond acceptors (Lipinski definition) is 2. The minimum Gasteiger partial charge on any atom is -0.456 e. The van der Waals surface area contributed by atoms with E-state index in [1.807, 2.05) is 12.1 Å². The molecule has 0 spiro atoms. The second-order valence-electron chi connectivity index (χ2n) is 16.0. The summed E-state index contributed by atoms with van der Waals surface area (Å²) in [5.41, 5.74) is 16.6. The van der Waals surface area contributed by atoms with Gasteiger partial charge in [-0.1, -0.05) is 188 Å². The highest BCUT2D eigenvalue weighted by Crippen LogP contribution is 2.57. The second kappa shape index (κ2) is 14.1. The molecule has 1 aromatic heterocycles. The molecule has 0 radical (unpaired) electrons. The summed E-state index contributed by atoms with van der Waals surface area (Å²) in [5, 5.41) is 4.71. The number of rotatable bonds is 7. The smallest absolute Gasteiger partial charge is 0.136 e. The van der Waals surface area contributed by atoms with E-state index in [9.17, 15) is 0 Å². The van der Waals surface area contributed by atoms with E-state index in [4.69, 9.17) is 4.42 Å². The summed E-state index contributed by atoms with van der Waals surface area (Å²) in [6.07, 6.45) is 0. The van der Waals surface area contributed by atoms with Gasteiger partial charge in [-0.3, -0.25) is 0 Å². The van der Waals surface area contributed by atoms with E-state index in [0.717, 1.165) is 55.7 Å². The molecule has 286 valence electrons. The molecule has 0 atom stereocenters. The summed E-state index contributed by atoms with van der Waals surface area (Å²) in [6.45, 7) is 0. The Morgan fingerprint density at radius 3 is 1.75 bits per heavy atom. The maximum atomic E-state index is 6.46. The van der Waals surface area contributed by atoms with Gasteiger partial charge in [0.2, 0.25) is 0 Å². The Kier molecular flexibility index (Phi) is 8.11. The first-order chi connectivity index (χ1) is 30.3. The van der Waals surface area contributed by atoms with E-state index >= 15 is 0 Å². The number of anilines is 3. The zero-order valence-corrected chi connectivity index (χ0v) is 33.4. The third-order valence-corrected chi connectivity index (χ3v) is 12.7. The molecular weight excluding hydrogens is 739 g/mol. The van der Waals surface area contributed by atoms with Crippen molar-refractivity contribution in [1.82, 2.24) is 0 Å². The van der Waals surface area contributed by atoms with Crippen LogP contribution < -0.4 is 4.90 Å². The fraction of sp³-hybridized carbons (Fsp3) is 0.0169. The van der Waals surface area contributed by atoms with Crippen molar-refractivity contribution in [3.05, 3.63) is 259 Å². The summed E-state index contributed by atoms with van der Waals surface area (Å²) in [4.78, 5) is 2.46. The van der Waals surface area contributed by atoms with Gasteiger partial charge in [0.1, 0.15) is 11.2 Å². The molecule has 1 heterocycles. The van der Waals surface area contributed by atoms with E-state index in [1.165, 1.54) is 49.7 Å². The van der Waals surface area contributed by atoms with Gasteiger partial charge < -0.3 is 9.32 Å². The van der Waals surface area contributed by atoms with Crippen LogP contribution in [0.2, 0.25) is 0 Å². The summed E-state index contributed by atoms with van der Waals surface area (Å²) in [5.74, 6) is 0. The molecule has 2 heteroatoms. The van der Waals surface area contributed by atoms with Gasteiger partial charge in [-0.15, -0.1) is 0 Å². The maximum Gasteiger partial charge on any atom is 0.136 e. The van der Waals surface area contributed by atoms with Gasteiger partial charge in [0, 0.05) is 27.7 Å². The van der Waals surface area contributed by atoms with Crippen LogP contribution in [0.15, 0.2) is 241 Å². The summed E-state index contributed by atoms with van der Waals surface area (Å²) < 4.78 is 6.46. The zero-order valence-electron chi connectivity index (χ0n) is 33.4. The monoisotopic (exact) mass is 777 g/mol. The average molecular weight is 778 g/mol. The second-order valence-corrected chi connectivity index (χ2v) is 16.0. The first kappa shape index (κ1) is 35.0. The number of hydrogen-bond donors (Lipinski definition) is 0. The largest absolute Gasteiger partial charge is 0.456 e. The quantitative estimate of drug-likeness (QED) is 0.160. The lowest BCUT2D eigenvalue weighted by Gasteiger charge is -2.35. The van der Waals surface area contributed by atoms with Crippen LogP contribution in [0.4, 0.5) is 17.1 Å². The molecule has 1 aliphatic carbocycles. The van der Waals surface area contributed by atoms with Crippen molar-refractivity contribution in [2.75, 3.05) is 4.90 Å². The maximum absolute atomic E-state index is 6.46. The zero-order chi connectivity index (χ0) is 40.3. The Morgan fingerprint density at radius 2 is 0.918 bits per heavy atom. The summed E-state index contributed by atoms with van der Waals surface area (Å²) >= 11 is 0. The van der Waals surface area contributed by atoms with Crippen LogP contribution in [0, 0.1) is 0 Å². The number of furan rings is 1. The van der Waals surface area contributed by atoms with E-state index in [0.29, 0.717) is 0 Å². The molecule has 1 aliphatic rings. The van der Waals surface area contributed by atoms with Gasteiger partial charge in [0.25, 0.3) is 0 Å². The van der Waals surface area contributed by atoms with Crippen LogP contribution in [0.3, 0.4) is 0 Å². The fourth-order valence-corrected chi connectivity index (χ4v) is 10.1. The van der Waals surface area contributed by atoms with Gasteiger partial charge in [-0.25, -0.2) is 0 Å². The van der Waals surface area contributed by atoms with Crippen molar-refractivity contribution < 1.29 is 4.42 Å². The summed E-state index contributed by atoms with van der Waals surface area (Å²) in [6, 6.07) is 86.2. The first-order valence-electron chi connectivity index (χ1n) is 21.0. The van der Waals surface area contributed by atoms with Crippen LogP contribution in [-0.4, -0.2) is 0 Å². The number of nitrogens with zero attached hydrogens (tertiary/aromatic N) is 1. The minimum absolute atomic E-state index is 0.535. The normalized spacial score (nSPS) is 12.7. The summed E-state index contributed by atoms with van der Waals surface area (Å²) in [7, 11) is 0. The Bertz CT molecular complexity index is 3390. The van der Waals surface area contributed by atoms with E-state index in [1.54, 1.807) is 0 Å². The lowest BCUT2D eigenvalue weighted by Crippen LogP contribution is -2.28. The fourth-order valence-electron chi connectivity index (χ4n) is 10.1. The Morgan fingerprint density at radius 1 is 0.328 bits per heavy atom. The molecule has 61 heavy (non-hydrogen) atoms. The topological polar surface area (TPSA) is 16.4 Å². The Labute approximate surface area is 355 Å². The third-order valence-electron chi connectivity index (χ3n) is 12.7. The van der Waals surface area contributed by atoms with Crippen LogP contribution in [0.1, 0.15) is 22.3 Å². The van der Waals surface area contributed by atoms with Gasteiger partial charge in [-0.2, -0.15) is 0 Å². The predicted molar refractivity (Wildman–Crippen MR) is 254 cm³/mol.